The summed E-state index contributed by atoms with van der Waals surface area (Å²) in [6, 6.07) is 3.89. The molecular formula is C11H10BrF3O. The summed E-state index contributed by atoms with van der Waals surface area (Å²) in [5.41, 5.74) is -1.46. The van der Waals surface area contributed by atoms with E-state index in [1.54, 1.807) is 0 Å². The molecule has 0 aliphatic heterocycles. The standard InChI is InChI=1S/C11H10BrF3O/c1-6-5-10(6,16)7-2-3-9(12)8(4-7)11(13,14)15/h2-4,6,16H,5H2,1H3. The predicted molar refractivity (Wildman–Crippen MR) is 56.8 cm³/mol. The van der Waals surface area contributed by atoms with Crippen LogP contribution in [0.4, 0.5) is 13.2 Å². The molecular weight excluding hydrogens is 285 g/mol. The summed E-state index contributed by atoms with van der Waals surface area (Å²) in [5.74, 6) is 0.0229. The molecule has 2 unspecified atom stereocenters. The molecule has 2 atom stereocenters. The SMILES string of the molecule is CC1CC1(O)c1ccc(Br)c(C(F)(F)F)c1. The van der Waals surface area contributed by atoms with E-state index in [4.69, 9.17) is 0 Å². The molecule has 0 saturated heterocycles. The number of rotatable bonds is 1. The van der Waals surface area contributed by atoms with Gasteiger partial charge in [-0.25, -0.2) is 0 Å². The summed E-state index contributed by atoms with van der Waals surface area (Å²) < 4.78 is 37.9. The third-order valence-electron chi connectivity index (χ3n) is 3.04. The Labute approximate surface area is 99.4 Å². The first-order chi connectivity index (χ1) is 7.25. The summed E-state index contributed by atoms with van der Waals surface area (Å²) in [7, 11) is 0. The van der Waals surface area contributed by atoms with Gasteiger partial charge in [-0.05, 0) is 30.0 Å². The quantitative estimate of drug-likeness (QED) is 0.837. The fraction of sp³-hybridized carbons (Fsp3) is 0.455. The minimum Gasteiger partial charge on any atom is -0.385 e. The van der Waals surface area contributed by atoms with Crippen molar-refractivity contribution >= 4 is 15.9 Å². The summed E-state index contributed by atoms with van der Waals surface area (Å²) in [6.07, 6.45) is -3.88. The highest BCUT2D eigenvalue weighted by molar-refractivity contribution is 9.10. The molecule has 1 fully saturated rings. The molecule has 1 nitrogen and oxygen atoms in total. The zero-order valence-electron chi connectivity index (χ0n) is 8.48. The number of halogens is 4. The third kappa shape index (κ3) is 1.86. The molecule has 0 radical (unpaired) electrons. The molecule has 0 aromatic heterocycles. The van der Waals surface area contributed by atoms with Crippen LogP contribution in [-0.2, 0) is 11.8 Å². The van der Waals surface area contributed by atoms with Crippen molar-refractivity contribution in [1.29, 1.82) is 0 Å². The average molecular weight is 295 g/mol. The van der Waals surface area contributed by atoms with Crippen molar-refractivity contribution in [2.24, 2.45) is 5.92 Å². The fourth-order valence-corrected chi connectivity index (χ4v) is 2.29. The van der Waals surface area contributed by atoms with Crippen molar-refractivity contribution in [3.63, 3.8) is 0 Å². The van der Waals surface area contributed by atoms with E-state index in [2.05, 4.69) is 15.9 Å². The Hall–Kier alpha value is -0.550. The van der Waals surface area contributed by atoms with Gasteiger partial charge in [-0.3, -0.25) is 0 Å². The van der Waals surface area contributed by atoms with Crippen LogP contribution in [0.2, 0.25) is 0 Å². The molecule has 1 aromatic carbocycles. The molecule has 1 N–H and O–H groups in total. The lowest BCUT2D eigenvalue weighted by Gasteiger charge is -2.14. The molecule has 16 heavy (non-hydrogen) atoms. The van der Waals surface area contributed by atoms with E-state index in [0.717, 1.165) is 6.07 Å². The van der Waals surface area contributed by atoms with Gasteiger partial charge in [-0.2, -0.15) is 13.2 Å². The normalized spacial score (nSPS) is 29.2. The highest BCUT2D eigenvalue weighted by atomic mass is 79.9. The highest BCUT2D eigenvalue weighted by Crippen LogP contribution is 2.52. The second-order valence-corrected chi connectivity index (χ2v) is 5.08. The first-order valence-corrected chi connectivity index (χ1v) is 5.64. The van der Waals surface area contributed by atoms with Crippen LogP contribution < -0.4 is 0 Å². The van der Waals surface area contributed by atoms with E-state index in [1.165, 1.54) is 12.1 Å². The zero-order valence-corrected chi connectivity index (χ0v) is 10.1. The van der Waals surface area contributed by atoms with E-state index in [-0.39, 0.29) is 10.4 Å². The molecule has 1 aliphatic rings. The summed E-state index contributed by atoms with van der Waals surface area (Å²) in [6.45, 7) is 1.81. The van der Waals surface area contributed by atoms with Crippen LogP contribution in [0.5, 0.6) is 0 Å². The van der Waals surface area contributed by atoms with Crippen LogP contribution in [0.3, 0.4) is 0 Å². The van der Waals surface area contributed by atoms with Crippen LogP contribution >= 0.6 is 15.9 Å². The van der Waals surface area contributed by atoms with E-state index >= 15 is 0 Å². The Balaban J connectivity index is 2.45. The Morgan fingerprint density at radius 2 is 2.00 bits per heavy atom. The molecule has 2 rings (SSSR count). The number of alkyl halides is 3. The molecule has 1 aromatic rings. The van der Waals surface area contributed by atoms with Gasteiger partial charge in [-0.15, -0.1) is 0 Å². The Morgan fingerprint density at radius 1 is 1.44 bits per heavy atom. The van der Waals surface area contributed by atoms with Crippen LogP contribution in [0.15, 0.2) is 22.7 Å². The molecule has 88 valence electrons. The number of hydrogen-bond acceptors (Lipinski definition) is 1. The van der Waals surface area contributed by atoms with Crippen molar-refractivity contribution in [1.82, 2.24) is 0 Å². The van der Waals surface area contributed by atoms with Gasteiger partial charge in [0.25, 0.3) is 0 Å². The van der Waals surface area contributed by atoms with Gasteiger partial charge < -0.3 is 5.11 Å². The Bertz CT molecular complexity index is 430. The van der Waals surface area contributed by atoms with Gasteiger partial charge in [-0.1, -0.05) is 28.9 Å². The molecule has 1 aliphatic carbocycles. The number of aliphatic hydroxyl groups is 1. The van der Waals surface area contributed by atoms with Gasteiger partial charge in [0.2, 0.25) is 0 Å². The second kappa shape index (κ2) is 3.47. The molecule has 0 spiro atoms. The lowest BCUT2D eigenvalue weighted by molar-refractivity contribution is -0.138. The molecule has 5 heteroatoms. The van der Waals surface area contributed by atoms with E-state index in [0.29, 0.717) is 12.0 Å². The Kier molecular flexibility index (Phi) is 2.58. The van der Waals surface area contributed by atoms with Gasteiger partial charge in [0.15, 0.2) is 0 Å². The summed E-state index contributed by atoms with van der Waals surface area (Å²) in [5, 5.41) is 9.97. The average Bonchev–Trinajstić information content (AvgIpc) is 2.74. The van der Waals surface area contributed by atoms with Crippen LogP contribution in [0.1, 0.15) is 24.5 Å². The number of benzene rings is 1. The number of hydrogen-bond donors (Lipinski definition) is 1. The van der Waals surface area contributed by atoms with Gasteiger partial charge in [0.1, 0.15) is 0 Å². The topological polar surface area (TPSA) is 20.2 Å². The van der Waals surface area contributed by atoms with Crippen LogP contribution in [-0.4, -0.2) is 5.11 Å². The third-order valence-corrected chi connectivity index (χ3v) is 3.74. The van der Waals surface area contributed by atoms with Crippen molar-refractivity contribution in [3.05, 3.63) is 33.8 Å². The first-order valence-electron chi connectivity index (χ1n) is 4.85. The second-order valence-electron chi connectivity index (χ2n) is 4.22. The fourth-order valence-electron chi connectivity index (χ4n) is 1.82. The van der Waals surface area contributed by atoms with Gasteiger partial charge >= 0.3 is 6.18 Å². The van der Waals surface area contributed by atoms with Crippen LogP contribution in [0, 0.1) is 5.92 Å². The van der Waals surface area contributed by atoms with E-state index in [9.17, 15) is 18.3 Å². The van der Waals surface area contributed by atoms with Crippen molar-refractivity contribution in [3.8, 4) is 0 Å². The molecule has 0 amide bonds. The van der Waals surface area contributed by atoms with E-state index in [1.807, 2.05) is 6.92 Å². The van der Waals surface area contributed by atoms with Gasteiger partial charge in [0.05, 0.1) is 11.2 Å². The minimum atomic E-state index is -4.40. The predicted octanol–water partition coefficient (Wildman–Crippen LogP) is 3.70. The maximum atomic E-state index is 12.6. The minimum absolute atomic E-state index is 0.000605. The lowest BCUT2D eigenvalue weighted by atomic mass is 10.0. The van der Waals surface area contributed by atoms with Crippen LogP contribution in [0.25, 0.3) is 0 Å². The largest absolute Gasteiger partial charge is 0.417 e. The monoisotopic (exact) mass is 294 g/mol. The van der Waals surface area contributed by atoms with Crippen molar-refractivity contribution in [2.45, 2.75) is 25.1 Å². The van der Waals surface area contributed by atoms with E-state index < -0.39 is 17.3 Å². The molecule has 0 bridgehead atoms. The first kappa shape index (κ1) is 11.9. The maximum absolute atomic E-state index is 12.6. The van der Waals surface area contributed by atoms with Crippen molar-refractivity contribution in [2.75, 3.05) is 0 Å². The maximum Gasteiger partial charge on any atom is 0.417 e. The highest BCUT2D eigenvalue weighted by Gasteiger charge is 2.51. The summed E-state index contributed by atoms with van der Waals surface area (Å²) >= 11 is 2.87. The molecule has 0 heterocycles. The van der Waals surface area contributed by atoms with Gasteiger partial charge in [0, 0.05) is 4.47 Å². The Morgan fingerprint density at radius 3 is 2.44 bits per heavy atom. The molecule has 1 saturated carbocycles. The van der Waals surface area contributed by atoms with Crippen molar-refractivity contribution < 1.29 is 18.3 Å². The lowest BCUT2D eigenvalue weighted by Crippen LogP contribution is -2.12. The smallest absolute Gasteiger partial charge is 0.385 e. The zero-order chi connectivity index (χ0) is 12.1. The summed E-state index contributed by atoms with van der Waals surface area (Å²) in [4.78, 5) is 0.